The molecule has 16 heavy (non-hydrogen) atoms. The second-order valence-corrected chi connectivity index (χ2v) is 3.31. The number of benzene rings is 1. The normalized spacial score (nSPS) is 13.6. The Morgan fingerprint density at radius 2 is 1.94 bits per heavy atom. The lowest BCUT2D eigenvalue weighted by Crippen LogP contribution is -2.14. The summed E-state index contributed by atoms with van der Waals surface area (Å²) in [4.78, 5) is 10.5. The maximum atomic E-state index is 12.3. The summed E-state index contributed by atoms with van der Waals surface area (Å²) in [7, 11) is 0. The molecule has 0 saturated carbocycles. The lowest BCUT2D eigenvalue weighted by atomic mass is 10.0. The van der Waals surface area contributed by atoms with E-state index in [1.807, 2.05) is 0 Å². The Kier molecular flexibility index (Phi) is 3.23. The first kappa shape index (κ1) is 12.5. The van der Waals surface area contributed by atoms with Gasteiger partial charge in [0.2, 0.25) is 0 Å². The molecule has 2 N–H and O–H groups in total. The van der Waals surface area contributed by atoms with Crippen LogP contribution in [0.5, 0.6) is 0 Å². The third-order valence-corrected chi connectivity index (χ3v) is 2.14. The van der Waals surface area contributed by atoms with E-state index in [-0.39, 0.29) is 5.56 Å². The highest BCUT2D eigenvalue weighted by Gasteiger charge is 2.32. The van der Waals surface area contributed by atoms with Crippen LogP contribution in [-0.2, 0) is 11.0 Å². The van der Waals surface area contributed by atoms with Crippen molar-refractivity contribution in [1.82, 2.24) is 0 Å². The average Bonchev–Trinajstić information content (AvgIpc) is 2.15. The van der Waals surface area contributed by atoms with Crippen LogP contribution in [0.3, 0.4) is 0 Å². The van der Waals surface area contributed by atoms with E-state index in [9.17, 15) is 23.1 Å². The van der Waals surface area contributed by atoms with E-state index in [0.717, 1.165) is 12.1 Å². The molecule has 0 aliphatic heterocycles. The highest BCUT2D eigenvalue weighted by atomic mass is 19.4. The van der Waals surface area contributed by atoms with Gasteiger partial charge in [-0.3, -0.25) is 0 Å². The smallest absolute Gasteiger partial charge is 0.416 e. The molecular weight excluding hydrogens is 225 g/mol. The van der Waals surface area contributed by atoms with Crippen LogP contribution in [0.2, 0.25) is 0 Å². The lowest BCUT2D eigenvalue weighted by molar-refractivity contribution is -0.147. The number of aliphatic hydroxyl groups is 1. The van der Waals surface area contributed by atoms with Crippen molar-refractivity contribution in [2.24, 2.45) is 0 Å². The fourth-order valence-corrected chi connectivity index (χ4v) is 1.24. The van der Waals surface area contributed by atoms with E-state index in [4.69, 9.17) is 5.11 Å². The van der Waals surface area contributed by atoms with Crippen LogP contribution in [-0.4, -0.2) is 16.2 Å². The van der Waals surface area contributed by atoms with Crippen molar-refractivity contribution < 1.29 is 28.2 Å². The van der Waals surface area contributed by atoms with E-state index in [0.29, 0.717) is 11.6 Å². The zero-order valence-electron chi connectivity index (χ0n) is 8.25. The van der Waals surface area contributed by atoms with E-state index in [2.05, 4.69) is 0 Å². The Balaban J connectivity index is 3.24. The minimum Gasteiger partial charge on any atom is -0.479 e. The summed E-state index contributed by atoms with van der Waals surface area (Å²) in [5.74, 6) is -1.58. The largest absolute Gasteiger partial charge is 0.479 e. The Hall–Kier alpha value is -1.56. The van der Waals surface area contributed by atoms with Crippen LogP contribution in [0.1, 0.15) is 22.8 Å². The summed E-state index contributed by atoms with van der Waals surface area (Å²) in [6.07, 6.45) is -6.50. The molecule has 3 nitrogen and oxygen atoms in total. The summed E-state index contributed by atoms with van der Waals surface area (Å²) in [5, 5.41) is 17.7. The molecule has 0 aromatic heterocycles. The zero-order chi connectivity index (χ0) is 12.5. The van der Waals surface area contributed by atoms with Crippen molar-refractivity contribution in [2.75, 3.05) is 0 Å². The third-order valence-electron chi connectivity index (χ3n) is 2.14. The van der Waals surface area contributed by atoms with Gasteiger partial charge in [-0.1, -0.05) is 6.07 Å². The Bertz CT molecular complexity index is 412. The predicted octanol–water partition coefficient (Wildman–Crippen LogP) is 2.13. The number of hydrogen-bond acceptors (Lipinski definition) is 2. The third kappa shape index (κ3) is 2.52. The first-order valence-corrected chi connectivity index (χ1v) is 4.32. The van der Waals surface area contributed by atoms with Gasteiger partial charge in [-0.2, -0.15) is 13.2 Å². The number of rotatable bonds is 2. The van der Waals surface area contributed by atoms with E-state index >= 15 is 0 Å². The molecule has 1 unspecified atom stereocenters. The molecule has 6 heteroatoms. The van der Waals surface area contributed by atoms with Crippen molar-refractivity contribution in [1.29, 1.82) is 0 Å². The topological polar surface area (TPSA) is 57.5 Å². The second-order valence-electron chi connectivity index (χ2n) is 3.31. The number of carboxylic acids is 1. The monoisotopic (exact) mass is 234 g/mol. The fraction of sp³-hybridized carbons (Fsp3) is 0.300. The van der Waals surface area contributed by atoms with E-state index in [1.54, 1.807) is 0 Å². The number of halogens is 3. The number of alkyl halides is 3. The Labute approximate surface area is 89.1 Å². The standard InChI is InChI=1S/C10H9F3O3/c1-5-2-3-6(10(11,12)13)4-7(5)8(14)9(15)16/h2-4,8,14H,1H3,(H,15,16). The minimum atomic E-state index is -4.55. The van der Waals surface area contributed by atoms with Crippen LogP contribution < -0.4 is 0 Å². The first-order valence-electron chi connectivity index (χ1n) is 4.32. The van der Waals surface area contributed by atoms with Crippen molar-refractivity contribution in [3.63, 3.8) is 0 Å². The van der Waals surface area contributed by atoms with Gasteiger partial charge in [0.05, 0.1) is 5.56 Å². The van der Waals surface area contributed by atoms with Crippen molar-refractivity contribution >= 4 is 5.97 Å². The number of carbonyl (C=O) groups is 1. The first-order chi connectivity index (χ1) is 7.23. The van der Waals surface area contributed by atoms with Gasteiger partial charge in [0.25, 0.3) is 0 Å². The molecule has 0 radical (unpaired) electrons. The maximum absolute atomic E-state index is 12.3. The van der Waals surface area contributed by atoms with Crippen molar-refractivity contribution in [3.8, 4) is 0 Å². The highest BCUT2D eigenvalue weighted by molar-refractivity contribution is 5.74. The molecule has 0 spiro atoms. The summed E-state index contributed by atoms with van der Waals surface area (Å²) in [6.45, 7) is 1.43. The van der Waals surface area contributed by atoms with Gasteiger partial charge >= 0.3 is 12.1 Å². The summed E-state index contributed by atoms with van der Waals surface area (Å²) < 4.78 is 37.0. The highest BCUT2D eigenvalue weighted by Crippen LogP contribution is 2.32. The Morgan fingerprint density at radius 1 is 1.38 bits per heavy atom. The molecule has 0 bridgehead atoms. The average molecular weight is 234 g/mol. The van der Waals surface area contributed by atoms with Gasteiger partial charge in [-0.15, -0.1) is 0 Å². The molecule has 0 heterocycles. The van der Waals surface area contributed by atoms with Gasteiger partial charge in [0.1, 0.15) is 0 Å². The molecule has 1 rings (SSSR count). The lowest BCUT2D eigenvalue weighted by Gasteiger charge is -2.13. The van der Waals surface area contributed by atoms with E-state index in [1.165, 1.54) is 6.92 Å². The van der Waals surface area contributed by atoms with Gasteiger partial charge in [0, 0.05) is 0 Å². The summed E-state index contributed by atoms with van der Waals surface area (Å²) in [6, 6.07) is 2.62. The van der Waals surface area contributed by atoms with Crippen LogP contribution in [0.25, 0.3) is 0 Å². The zero-order valence-corrected chi connectivity index (χ0v) is 8.25. The van der Waals surface area contributed by atoms with Crippen molar-refractivity contribution in [3.05, 3.63) is 34.9 Å². The van der Waals surface area contributed by atoms with Crippen LogP contribution in [0.4, 0.5) is 13.2 Å². The number of carboxylic acid groups (broad SMARTS) is 1. The Morgan fingerprint density at radius 3 is 2.38 bits per heavy atom. The SMILES string of the molecule is Cc1ccc(C(F)(F)F)cc1C(O)C(=O)O. The molecule has 1 aromatic carbocycles. The second kappa shape index (κ2) is 4.13. The quantitative estimate of drug-likeness (QED) is 0.824. The maximum Gasteiger partial charge on any atom is 0.416 e. The van der Waals surface area contributed by atoms with Gasteiger partial charge in [-0.05, 0) is 30.2 Å². The molecule has 0 saturated heterocycles. The van der Waals surface area contributed by atoms with Gasteiger partial charge in [0.15, 0.2) is 6.10 Å². The number of aliphatic carboxylic acids is 1. The van der Waals surface area contributed by atoms with Crippen LogP contribution in [0.15, 0.2) is 18.2 Å². The molecule has 1 atom stereocenters. The van der Waals surface area contributed by atoms with Crippen LogP contribution in [0, 0.1) is 6.92 Å². The summed E-state index contributed by atoms with van der Waals surface area (Å²) >= 11 is 0. The van der Waals surface area contributed by atoms with Gasteiger partial charge < -0.3 is 10.2 Å². The number of aryl methyl sites for hydroxylation is 1. The molecule has 0 fully saturated rings. The van der Waals surface area contributed by atoms with Crippen molar-refractivity contribution in [2.45, 2.75) is 19.2 Å². The molecule has 1 aromatic rings. The molecule has 0 aliphatic carbocycles. The number of hydrogen-bond donors (Lipinski definition) is 2. The number of aliphatic hydroxyl groups excluding tert-OH is 1. The fourth-order valence-electron chi connectivity index (χ4n) is 1.24. The summed E-state index contributed by atoms with van der Waals surface area (Å²) in [5.41, 5.74) is -0.932. The van der Waals surface area contributed by atoms with Gasteiger partial charge in [-0.25, -0.2) is 4.79 Å². The van der Waals surface area contributed by atoms with Crippen LogP contribution >= 0.6 is 0 Å². The minimum absolute atomic E-state index is 0.248. The molecule has 0 amide bonds. The molecule has 88 valence electrons. The molecule has 0 aliphatic rings. The predicted molar refractivity (Wildman–Crippen MR) is 48.8 cm³/mol. The molecular formula is C10H9F3O3. The van der Waals surface area contributed by atoms with E-state index < -0.39 is 23.8 Å².